The highest BCUT2D eigenvalue weighted by molar-refractivity contribution is 6.30. The van der Waals surface area contributed by atoms with Crippen LogP contribution in [0, 0.1) is 22.7 Å². The number of rotatable bonds is 2. The van der Waals surface area contributed by atoms with Crippen molar-refractivity contribution in [3.05, 3.63) is 80.2 Å². The summed E-state index contributed by atoms with van der Waals surface area (Å²) >= 11 is 6.02. The van der Waals surface area contributed by atoms with Gasteiger partial charge in [0.15, 0.2) is 5.65 Å². The van der Waals surface area contributed by atoms with E-state index < -0.39 is 0 Å². The molecule has 1 aliphatic carbocycles. The predicted octanol–water partition coefficient (Wildman–Crippen LogP) is 3.65. The Labute approximate surface area is 164 Å². The van der Waals surface area contributed by atoms with Crippen LogP contribution in [0.15, 0.2) is 47.3 Å². The third-order valence-corrected chi connectivity index (χ3v) is 5.68. The molecule has 0 unspecified atom stereocenters. The van der Waals surface area contributed by atoms with Crippen LogP contribution in [0.5, 0.6) is 0 Å². The molecule has 4 aromatic rings. The number of aromatic nitrogens is 3. The fourth-order valence-corrected chi connectivity index (χ4v) is 3.96. The minimum absolute atomic E-state index is 0.306. The van der Waals surface area contributed by atoms with Crippen molar-refractivity contribution in [3.63, 3.8) is 0 Å². The molecule has 7 heteroatoms. The van der Waals surface area contributed by atoms with Gasteiger partial charge in [0.1, 0.15) is 11.6 Å². The first-order valence-corrected chi connectivity index (χ1v) is 9.10. The van der Waals surface area contributed by atoms with E-state index in [1.165, 1.54) is 10.6 Å². The quantitative estimate of drug-likeness (QED) is 0.569. The molecule has 1 N–H and O–H groups in total. The fourth-order valence-electron chi connectivity index (χ4n) is 3.84. The van der Waals surface area contributed by atoms with Gasteiger partial charge >= 0.3 is 0 Å². The van der Waals surface area contributed by atoms with Crippen LogP contribution in [0.25, 0.3) is 16.6 Å². The fraction of sp³-hybridized carbons (Fsp3) is 0.143. The van der Waals surface area contributed by atoms with Gasteiger partial charge in [0, 0.05) is 10.4 Å². The molecule has 1 aliphatic rings. The van der Waals surface area contributed by atoms with Gasteiger partial charge in [0.2, 0.25) is 0 Å². The molecular formula is C21H12ClN5O. The lowest BCUT2D eigenvalue weighted by Crippen LogP contribution is -2.17. The molecule has 6 nitrogen and oxygen atoms in total. The van der Waals surface area contributed by atoms with Crippen LogP contribution >= 0.6 is 11.6 Å². The standard InChI is InChI=1S/C21H12ClN5O/c22-14-4-2-13(3-5-14)21(7-8-21)18-16(11-24)19-25-17-6-1-12(10-23)9-15(17)20(28)27(19)26-18/h1-6,9,26H,7-8H2. The Morgan fingerprint density at radius 3 is 2.50 bits per heavy atom. The number of nitrogens with zero attached hydrogens (tertiary/aromatic N) is 4. The summed E-state index contributed by atoms with van der Waals surface area (Å²) in [5.74, 6) is 0. The lowest BCUT2D eigenvalue weighted by molar-refractivity contribution is 0.762. The number of fused-ring (bicyclic) bond motifs is 2. The maximum absolute atomic E-state index is 13.0. The summed E-state index contributed by atoms with van der Waals surface area (Å²) in [6, 6.07) is 16.6. The van der Waals surface area contributed by atoms with Crippen molar-refractivity contribution in [1.82, 2.24) is 14.6 Å². The van der Waals surface area contributed by atoms with Gasteiger partial charge in [0.25, 0.3) is 5.56 Å². The Morgan fingerprint density at radius 2 is 1.86 bits per heavy atom. The third kappa shape index (κ3) is 2.19. The molecule has 1 fully saturated rings. The second-order valence-corrected chi connectivity index (χ2v) is 7.42. The van der Waals surface area contributed by atoms with Crippen molar-refractivity contribution in [2.75, 3.05) is 0 Å². The number of halogens is 1. The van der Waals surface area contributed by atoms with Gasteiger partial charge in [-0.2, -0.15) is 15.0 Å². The zero-order valence-corrected chi connectivity index (χ0v) is 15.3. The minimum atomic E-state index is -0.347. The molecule has 1 saturated carbocycles. The van der Waals surface area contributed by atoms with E-state index in [0.29, 0.717) is 38.4 Å². The average molecular weight is 386 g/mol. The molecule has 0 spiro atoms. The largest absolute Gasteiger partial charge is 0.291 e. The smallest absolute Gasteiger partial charge is 0.280 e. The van der Waals surface area contributed by atoms with E-state index in [2.05, 4.69) is 16.2 Å². The Morgan fingerprint density at radius 1 is 1.11 bits per heavy atom. The molecule has 2 heterocycles. The van der Waals surface area contributed by atoms with Crippen LogP contribution in [-0.2, 0) is 5.41 Å². The van der Waals surface area contributed by atoms with Crippen molar-refractivity contribution >= 4 is 28.2 Å². The van der Waals surface area contributed by atoms with E-state index in [4.69, 9.17) is 16.9 Å². The summed E-state index contributed by atoms with van der Waals surface area (Å²) in [5.41, 5.74) is 2.59. The Kier molecular flexibility index (Phi) is 3.37. The average Bonchev–Trinajstić information content (AvgIpc) is 3.43. The van der Waals surface area contributed by atoms with Crippen LogP contribution in [0.3, 0.4) is 0 Å². The van der Waals surface area contributed by atoms with Gasteiger partial charge < -0.3 is 0 Å². The second kappa shape index (κ2) is 5.69. The van der Waals surface area contributed by atoms with Crippen molar-refractivity contribution in [3.8, 4) is 12.1 Å². The zero-order chi connectivity index (χ0) is 19.5. The van der Waals surface area contributed by atoms with Crippen molar-refractivity contribution in [1.29, 1.82) is 10.5 Å². The zero-order valence-electron chi connectivity index (χ0n) is 14.5. The predicted molar refractivity (Wildman–Crippen MR) is 104 cm³/mol. The second-order valence-electron chi connectivity index (χ2n) is 6.98. The van der Waals surface area contributed by atoms with Gasteiger partial charge in [0.05, 0.1) is 28.2 Å². The Hall–Kier alpha value is -3.61. The molecule has 28 heavy (non-hydrogen) atoms. The monoisotopic (exact) mass is 385 g/mol. The molecule has 0 saturated heterocycles. The van der Waals surface area contributed by atoms with E-state index in [9.17, 15) is 10.1 Å². The maximum atomic E-state index is 13.0. The molecule has 2 aromatic carbocycles. The number of nitrogens with one attached hydrogen (secondary N) is 1. The van der Waals surface area contributed by atoms with Crippen LogP contribution in [0.1, 0.15) is 35.2 Å². The minimum Gasteiger partial charge on any atom is -0.291 e. The molecule has 0 radical (unpaired) electrons. The van der Waals surface area contributed by atoms with E-state index in [-0.39, 0.29) is 11.0 Å². The number of benzene rings is 2. The summed E-state index contributed by atoms with van der Waals surface area (Å²) in [5, 5.41) is 23.1. The highest BCUT2D eigenvalue weighted by Crippen LogP contribution is 2.54. The first-order chi connectivity index (χ1) is 13.6. The molecule has 134 valence electrons. The van der Waals surface area contributed by atoms with E-state index >= 15 is 0 Å². The number of hydrogen-bond donors (Lipinski definition) is 1. The van der Waals surface area contributed by atoms with Gasteiger partial charge in [-0.25, -0.2) is 4.98 Å². The molecule has 0 aliphatic heterocycles. The van der Waals surface area contributed by atoms with Crippen molar-refractivity contribution < 1.29 is 0 Å². The van der Waals surface area contributed by atoms with Crippen molar-refractivity contribution in [2.24, 2.45) is 0 Å². The number of aromatic amines is 1. The number of hydrogen-bond acceptors (Lipinski definition) is 4. The lowest BCUT2D eigenvalue weighted by Gasteiger charge is -2.14. The van der Waals surface area contributed by atoms with Gasteiger partial charge in [-0.1, -0.05) is 23.7 Å². The molecular weight excluding hydrogens is 374 g/mol. The van der Waals surface area contributed by atoms with E-state index in [0.717, 1.165) is 18.4 Å². The lowest BCUT2D eigenvalue weighted by atomic mass is 9.90. The van der Waals surface area contributed by atoms with Crippen LogP contribution in [-0.4, -0.2) is 14.6 Å². The molecule has 2 aromatic heterocycles. The maximum Gasteiger partial charge on any atom is 0.280 e. The topological polar surface area (TPSA) is 97.7 Å². The molecule has 0 bridgehead atoms. The number of nitriles is 2. The summed E-state index contributed by atoms with van der Waals surface area (Å²) in [6.45, 7) is 0. The SMILES string of the molecule is N#Cc1ccc2nc3c(C#N)c(C4(c5ccc(Cl)cc5)CC4)[nH]n3c(=O)c2c1. The summed E-state index contributed by atoms with van der Waals surface area (Å²) in [7, 11) is 0. The molecule has 5 rings (SSSR count). The van der Waals surface area contributed by atoms with Gasteiger partial charge in [-0.3, -0.25) is 9.89 Å². The first-order valence-electron chi connectivity index (χ1n) is 8.72. The van der Waals surface area contributed by atoms with Crippen molar-refractivity contribution in [2.45, 2.75) is 18.3 Å². The van der Waals surface area contributed by atoms with Gasteiger partial charge in [-0.05, 0) is 48.7 Å². The summed E-state index contributed by atoms with van der Waals surface area (Å²) in [4.78, 5) is 17.6. The van der Waals surface area contributed by atoms with Crippen LogP contribution < -0.4 is 5.56 Å². The highest BCUT2D eigenvalue weighted by atomic mass is 35.5. The van der Waals surface area contributed by atoms with E-state index in [1.807, 2.05) is 30.3 Å². The Bertz CT molecular complexity index is 1410. The summed E-state index contributed by atoms with van der Waals surface area (Å²) < 4.78 is 1.31. The van der Waals surface area contributed by atoms with Gasteiger partial charge in [-0.15, -0.1) is 0 Å². The Balaban J connectivity index is 1.82. The first kappa shape index (κ1) is 16.6. The number of H-pyrrole nitrogens is 1. The normalized spacial score (nSPS) is 14.7. The highest BCUT2D eigenvalue weighted by Gasteiger charge is 2.49. The van der Waals surface area contributed by atoms with Crippen LogP contribution in [0.2, 0.25) is 5.02 Å². The summed E-state index contributed by atoms with van der Waals surface area (Å²) in [6.07, 6.45) is 1.73. The molecule has 0 atom stereocenters. The molecule has 0 amide bonds. The van der Waals surface area contributed by atoms with E-state index in [1.54, 1.807) is 12.1 Å². The van der Waals surface area contributed by atoms with Crippen LogP contribution in [0.4, 0.5) is 0 Å². The third-order valence-electron chi connectivity index (χ3n) is 5.43.